The molecule has 0 spiro atoms. The standard InChI is InChI=1S/C21H23N3O4/c1-14-6-5-7-16(10-14)21-22-19(28-23-21)13-24(2)20(25)12-15-8-9-17(26-3)18(11-15)27-4/h5-11H,12-13H2,1-4H3. The molecule has 0 aliphatic rings. The van der Waals surface area contributed by atoms with Gasteiger partial charge < -0.3 is 18.9 Å². The Morgan fingerprint density at radius 1 is 1.11 bits per heavy atom. The molecule has 1 heterocycles. The van der Waals surface area contributed by atoms with Crippen molar-refractivity contribution in [2.75, 3.05) is 21.3 Å². The number of aromatic nitrogens is 2. The van der Waals surface area contributed by atoms with Crippen LogP contribution >= 0.6 is 0 Å². The van der Waals surface area contributed by atoms with Gasteiger partial charge in [0.05, 0.1) is 27.2 Å². The van der Waals surface area contributed by atoms with Crippen molar-refractivity contribution in [3.63, 3.8) is 0 Å². The monoisotopic (exact) mass is 381 g/mol. The van der Waals surface area contributed by atoms with Gasteiger partial charge in [-0.2, -0.15) is 4.98 Å². The summed E-state index contributed by atoms with van der Waals surface area (Å²) in [6, 6.07) is 13.3. The van der Waals surface area contributed by atoms with E-state index in [-0.39, 0.29) is 18.9 Å². The highest BCUT2D eigenvalue weighted by atomic mass is 16.5. The van der Waals surface area contributed by atoms with E-state index >= 15 is 0 Å². The summed E-state index contributed by atoms with van der Waals surface area (Å²) in [6.45, 7) is 2.25. The highest BCUT2D eigenvalue weighted by molar-refractivity contribution is 5.78. The van der Waals surface area contributed by atoms with Gasteiger partial charge in [-0.15, -0.1) is 0 Å². The number of likely N-dealkylation sites (N-methyl/N-ethyl adjacent to an activating group) is 1. The molecule has 0 saturated heterocycles. The molecule has 28 heavy (non-hydrogen) atoms. The van der Waals surface area contributed by atoms with Crippen LogP contribution in [0.25, 0.3) is 11.4 Å². The van der Waals surface area contributed by atoms with Gasteiger partial charge in [0.2, 0.25) is 17.6 Å². The fourth-order valence-corrected chi connectivity index (χ4v) is 2.81. The molecule has 0 saturated carbocycles. The van der Waals surface area contributed by atoms with Crippen molar-refractivity contribution in [3.05, 3.63) is 59.5 Å². The molecule has 0 fully saturated rings. The Labute approximate surface area is 163 Å². The van der Waals surface area contributed by atoms with Crippen LogP contribution in [0.4, 0.5) is 0 Å². The Morgan fingerprint density at radius 3 is 2.61 bits per heavy atom. The summed E-state index contributed by atoms with van der Waals surface area (Å²) in [4.78, 5) is 18.5. The SMILES string of the molecule is COc1ccc(CC(=O)N(C)Cc2nc(-c3cccc(C)c3)no2)cc1OC. The molecule has 1 aromatic heterocycles. The highest BCUT2D eigenvalue weighted by Crippen LogP contribution is 2.28. The molecule has 2 aromatic carbocycles. The molecule has 0 unspecified atom stereocenters. The van der Waals surface area contributed by atoms with Gasteiger partial charge in [0.15, 0.2) is 11.5 Å². The predicted molar refractivity (Wildman–Crippen MR) is 104 cm³/mol. The van der Waals surface area contributed by atoms with Crippen LogP contribution in [0.5, 0.6) is 11.5 Å². The van der Waals surface area contributed by atoms with Crippen molar-refractivity contribution >= 4 is 5.91 Å². The summed E-state index contributed by atoms with van der Waals surface area (Å²) in [6.07, 6.45) is 0.232. The number of amides is 1. The molecule has 0 radical (unpaired) electrons. The van der Waals surface area contributed by atoms with Crippen LogP contribution in [0.3, 0.4) is 0 Å². The lowest BCUT2D eigenvalue weighted by atomic mass is 10.1. The lowest BCUT2D eigenvalue weighted by Gasteiger charge is -2.15. The molecule has 0 N–H and O–H groups in total. The van der Waals surface area contributed by atoms with Gasteiger partial charge in [0, 0.05) is 12.6 Å². The van der Waals surface area contributed by atoms with Crippen molar-refractivity contribution in [1.29, 1.82) is 0 Å². The zero-order valence-electron chi connectivity index (χ0n) is 16.4. The van der Waals surface area contributed by atoms with E-state index in [9.17, 15) is 4.79 Å². The number of rotatable bonds is 7. The topological polar surface area (TPSA) is 77.7 Å². The molecule has 0 bridgehead atoms. The Balaban J connectivity index is 1.65. The number of hydrogen-bond acceptors (Lipinski definition) is 6. The van der Waals surface area contributed by atoms with E-state index in [4.69, 9.17) is 14.0 Å². The second-order valence-electron chi connectivity index (χ2n) is 6.50. The number of carbonyl (C=O) groups is 1. The smallest absolute Gasteiger partial charge is 0.246 e. The third kappa shape index (κ3) is 4.49. The second-order valence-corrected chi connectivity index (χ2v) is 6.50. The van der Waals surface area contributed by atoms with Gasteiger partial charge in [-0.1, -0.05) is 35.0 Å². The first-order valence-electron chi connectivity index (χ1n) is 8.84. The molecular weight excluding hydrogens is 358 g/mol. The van der Waals surface area contributed by atoms with Crippen LogP contribution in [-0.2, 0) is 17.8 Å². The van der Waals surface area contributed by atoms with Crippen molar-refractivity contribution in [2.24, 2.45) is 0 Å². The van der Waals surface area contributed by atoms with Crippen molar-refractivity contribution in [2.45, 2.75) is 19.9 Å². The fraction of sp³-hybridized carbons (Fsp3) is 0.286. The maximum absolute atomic E-state index is 12.6. The number of aryl methyl sites for hydroxylation is 1. The molecular formula is C21H23N3O4. The van der Waals surface area contributed by atoms with E-state index in [0.717, 1.165) is 16.7 Å². The van der Waals surface area contributed by atoms with Gasteiger partial charge in [0.1, 0.15) is 0 Å². The molecule has 0 aliphatic heterocycles. The first kappa shape index (κ1) is 19.4. The largest absolute Gasteiger partial charge is 0.493 e. The van der Waals surface area contributed by atoms with E-state index in [1.807, 2.05) is 37.3 Å². The van der Waals surface area contributed by atoms with E-state index in [0.29, 0.717) is 23.2 Å². The summed E-state index contributed by atoms with van der Waals surface area (Å²) in [5, 5.41) is 4.01. The minimum absolute atomic E-state index is 0.0671. The maximum atomic E-state index is 12.6. The number of carbonyl (C=O) groups excluding carboxylic acids is 1. The van der Waals surface area contributed by atoms with Gasteiger partial charge >= 0.3 is 0 Å². The van der Waals surface area contributed by atoms with Crippen molar-refractivity contribution in [3.8, 4) is 22.9 Å². The number of benzene rings is 2. The molecule has 7 nitrogen and oxygen atoms in total. The summed E-state index contributed by atoms with van der Waals surface area (Å²) < 4.78 is 15.8. The normalized spacial score (nSPS) is 10.6. The van der Waals surface area contributed by atoms with Gasteiger partial charge in [-0.25, -0.2) is 0 Å². The first-order valence-corrected chi connectivity index (χ1v) is 8.84. The molecule has 0 atom stereocenters. The van der Waals surface area contributed by atoms with Crippen molar-refractivity contribution < 1.29 is 18.8 Å². The van der Waals surface area contributed by atoms with Crippen LogP contribution in [0.2, 0.25) is 0 Å². The first-order chi connectivity index (χ1) is 13.5. The Morgan fingerprint density at radius 2 is 1.89 bits per heavy atom. The molecule has 0 aliphatic carbocycles. The molecule has 146 valence electrons. The van der Waals surface area contributed by atoms with Crippen LogP contribution in [0.15, 0.2) is 47.0 Å². The second kappa shape index (κ2) is 8.56. The van der Waals surface area contributed by atoms with Gasteiger partial charge in [-0.05, 0) is 30.7 Å². The van der Waals surface area contributed by atoms with E-state index < -0.39 is 0 Å². The quantitative estimate of drug-likeness (QED) is 0.625. The van der Waals surface area contributed by atoms with E-state index in [1.54, 1.807) is 38.3 Å². The fourth-order valence-electron chi connectivity index (χ4n) is 2.81. The predicted octanol–water partition coefficient (Wildman–Crippen LogP) is 3.26. The molecule has 1 amide bonds. The third-order valence-electron chi connectivity index (χ3n) is 4.35. The number of nitrogens with zero attached hydrogens (tertiary/aromatic N) is 3. The lowest BCUT2D eigenvalue weighted by Crippen LogP contribution is -2.27. The number of ether oxygens (including phenoxy) is 2. The van der Waals surface area contributed by atoms with Crippen LogP contribution in [0.1, 0.15) is 17.0 Å². The summed E-state index contributed by atoms with van der Waals surface area (Å²) in [5.74, 6) is 2.05. The minimum Gasteiger partial charge on any atom is -0.493 e. The molecule has 3 aromatic rings. The Kier molecular flexibility index (Phi) is 5.93. The van der Waals surface area contributed by atoms with Crippen molar-refractivity contribution in [1.82, 2.24) is 15.0 Å². The lowest BCUT2D eigenvalue weighted by molar-refractivity contribution is -0.130. The number of methoxy groups -OCH3 is 2. The van der Waals surface area contributed by atoms with Crippen LogP contribution in [0, 0.1) is 6.92 Å². The maximum Gasteiger partial charge on any atom is 0.246 e. The molecule has 7 heteroatoms. The minimum atomic E-state index is -0.0671. The zero-order chi connectivity index (χ0) is 20.1. The van der Waals surface area contributed by atoms with Gasteiger partial charge in [0.25, 0.3) is 0 Å². The van der Waals surface area contributed by atoms with Gasteiger partial charge in [-0.3, -0.25) is 4.79 Å². The highest BCUT2D eigenvalue weighted by Gasteiger charge is 2.16. The Hall–Kier alpha value is -3.35. The van der Waals surface area contributed by atoms with E-state index in [1.165, 1.54) is 0 Å². The average Bonchev–Trinajstić information content (AvgIpc) is 3.16. The van der Waals surface area contributed by atoms with Crippen LogP contribution in [-0.4, -0.2) is 42.2 Å². The summed E-state index contributed by atoms with van der Waals surface area (Å²) >= 11 is 0. The third-order valence-corrected chi connectivity index (χ3v) is 4.35. The number of hydrogen-bond donors (Lipinski definition) is 0. The Bertz CT molecular complexity index is 968. The molecule has 3 rings (SSSR count). The van der Waals surface area contributed by atoms with Crippen LogP contribution < -0.4 is 9.47 Å². The average molecular weight is 381 g/mol. The summed E-state index contributed by atoms with van der Waals surface area (Å²) in [5.41, 5.74) is 2.83. The zero-order valence-corrected chi connectivity index (χ0v) is 16.4. The summed E-state index contributed by atoms with van der Waals surface area (Å²) in [7, 11) is 4.85. The van der Waals surface area contributed by atoms with E-state index in [2.05, 4.69) is 10.1 Å².